The van der Waals surface area contributed by atoms with Crippen LogP contribution < -0.4 is 10.0 Å². The van der Waals surface area contributed by atoms with Crippen molar-refractivity contribution in [1.82, 2.24) is 10.0 Å². The molecule has 10 heteroatoms. The van der Waals surface area contributed by atoms with Crippen LogP contribution in [0.15, 0.2) is 23.1 Å². The Hall–Kier alpha value is -2.20. The summed E-state index contributed by atoms with van der Waals surface area (Å²) in [5, 5.41) is 13.2. The van der Waals surface area contributed by atoms with Gasteiger partial charge >= 0.3 is 6.09 Å². The normalized spacial score (nSPS) is 11.0. The number of rotatable bonds is 7. The molecule has 0 radical (unpaired) electrons. The van der Waals surface area contributed by atoms with Gasteiger partial charge in [0.2, 0.25) is 10.0 Å². The van der Waals surface area contributed by atoms with Crippen molar-refractivity contribution in [3.63, 3.8) is 0 Å². The maximum Gasteiger partial charge on any atom is 0.407 e. The van der Waals surface area contributed by atoms with E-state index in [2.05, 4.69) is 14.8 Å². The number of nitro groups is 1. The number of hydrogen-bond donors (Lipinski definition) is 2. The molecule has 0 saturated heterocycles. The molecule has 0 atom stereocenters. The number of ether oxygens (including phenoxy) is 1. The van der Waals surface area contributed by atoms with Gasteiger partial charge < -0.3 is 10.1 Å². The summed E-state index contributed by atoms with van der Waals surface area (Å²) in [6.45, 7) is 3.34. The van der Waals surface area contributed by atoms with Gasteiger partial charge in [-0.3, -0.25) is 10.1 Å². The third-order valence-corrected chi connectivity index (χ3v) is 4.11. The Morgan fingerprint density at radius 2 is 2.05 bits per heavy atom. The largest absolute Gasteiger partial charge is 0.450 e. The molecule has 0 aliphatic heterocycles. The van der Waals surface area contributed by atoms with Gasteiger partial charge in [-0.25, -0.2) is 17.9 Å². The number of amides is 1. The topological polar surface area (TPSA) is 128 Å². The van der Waals surface area contributed by atoms with Crippen LogP contribution in [0.2, 0.25) is 0 Å². The molecular weight excluding hydrogens is 314 g/mol. The Labute approximate surface area is 127 Å². The summed E-state index contributed by atoms with van der Waals surface area (Å²) in [6, 6.07) is 3.64. The number of benzene rings is 1. The predicted molar refractivity (Wildman–Crippen MR) is 78.0 cm³/mol. The third-order valence-electron chi connectivity index (χ3n) is 2.65. The van der Waals surface area contributed by atoms with Gasteiger partial charge in [-0.2, -0.15) is 0 Å². The molecule has 1 aromatic carbocycles. The molecule has 0 aromatic heterocycles. The fourth-order valence-corrected chi connectivity index (χ4v) is 2.62. The number of nitrogens with zero attached hydrogens (tertiary/aromatic N) is 1. The highest BCUT2D eigenvalue weighted by molar-refractivity contribution is 7.89. The number of carbonyl (C=O) groups excluding carboxylic acids is 1. The molecule has 0 unspecified atom stereocenters. The quantitative estimate of drug-likeness (QED) is 0.434. The summed E-state index contributed by atoms with van der Waals surface area (Å²) in [5.41, 5.74) is 0.0976. The van der Waals surface area contributed by atoms with E-state index in [0.29, 0.717) is 5.56 Å². The van der Waals surface area contributed by atoms with E-state index in [1.165, 1.54) is 19.1 Å². The highest BCUT2D eigenvalue weighted by Gasteiger charge is 2.19. The first kappa shape index (κ1) is 17.9. The molecule has 1 amide bonds. The van der Waals surface area contributed by atoms with Gasteiger partial charge in [0.15, 0.2) is 0 Å². The zero-order chi connectivity index (χ0) is 16.8. The Morgan fingerprint density at radius 1 is 1.36 bits per heavy atom. The molecule has 0 heterocycles. The first-order valence-corrected chi connectivity index (χ1v) is 7.91. The van der Waals surface area contributed by atoms with E-state index >= 15 is 0 Å². The minimum absolute atomic E-state index is 0.0337. The van der Waals surface area contributed by atoms with Crippen LogP contribution in [-0.2, 0) is 14.8 Å². The molecule has 122 valence electrons. The Balaban J connectivity index is 2.69. The van der Waals surface area contributed by atoms with Gasteiger partial charge in [0.25, 0.3) is 5.69 Å². The third kappa shape index (κ3) is 4.97. The Morgan fingerprint density at radius 3 is 2.64 bits per heavy atom. The summed E-state index contributed by atoms with van der Waals surface area (Å²) in [5.74, 6) is 0. The Bertz CT molecular complexity index is 659. The van der Waals surface area contributed by atoms with E-state index in [1.54, 1.807) is 6.92 Å². The van der Waals surface area contributed by atoms with Gasteiger partial charge in [0.1, 0.15) is 0 Å². The molecule has 0 fully saturated rings. The molecule has 0 aliphatic carbocycles. The van der Waals surface area contributed by atoms with Crippen molar-refractivity contribution in [3.8, 4) is 0 Å². The molecule has 2 N–H and O–H groups in total. The number of aryl methyl sites for hydroxylation is 1. The molecule has 1 rings (SSSR count). The molecule has 0 aliphatic rings. The van der Waals surface area contributed by atoms with E-state index in [9.17, 15) is 23.3 Å². The second kappa shape index (κ2) is 7.71. The zero-order valence-electron chi connectivity index (χ0n) is 12.2. The van der Waals surface area contributed by atoms with Crippen LogP contribution in [0, 0.1) is 17.0 Å². The molecule has 0 saturated carbocycles. The fraction of sp³-hybridized carbons (Fsp3) is 0.417. The van der Waals surface area contributed by atoms with Gasteiger partial charge in [0.05, 0.1) is 16.4 Å². The number of nitro benzene ring substituents is 1. The van der Waals surface area contributed by atoms with Crippen molar-refractivity contribution in [2.75, 3.05) is 19.7 Å². The lowest BCUT2D eigenvalue weighted by Gasteiger charge is -2.08. The van der Waals surface area contributed by atoms with Crippen LogP contribution in [0.5, 0.6) is 0 Å². The standard InChI is InChI=1S/C12H17N3O6S/c1-3-21-12(16)13-6-7-14-22(19,20)10-5-4-9(2)11(8-10)15(17)18/h4-5,8,14H,3,6-7H2,1-2H3,(H,13,16). The number of carbonyl (C=O) groups is 1. The van der Waals surface area contributed by atoms with Crippen LogP contribution in [0.4, 0.5) is 10.5 Å². The van der Waals surface area contributed by atoms with E-state index in [0.717, 1.165) is 6.07 Å². The van der Waals surface area contributed by atoms with E-state index < -0.39 is 21.0 Å². The first-order chi connectivity index (χ1) is 10.3. The fourth-order valence-electron chi connectivity index (χ4n) is 1.57. The van der Waals surface area contributed by atoms with Crippen LogP contribution in [0.3, 0.4) is 0 Å². The highest BCUT2D eigenvalue weighted by Crippen LogP contribution is 2.21. The lowest BCUT2D eigenvalue weighted by Crippen LogP contribution is -2.35. The maximum atomic E-state index is 12.0. The van der Waals surface area contributed by atoms with Crippen molar-refractivity contribution in [3.05, 3.63) is 33.9 Å². The summed E-state index contributed by atoms with van der Waals surface area (Å²) < 4.78 is 30.9. The molecule has 0 spiro atoms. The average Bonchev–Trinajstić information content (AvgIpc) is 2.44. The highest BCUT2D eigenvalue weighted by atomic mass is 32.2. The average molecular weight is 331 g/mol. The molecule has 9 nitrogen and oxygen atoms in total. The first-order valence-electron chi connectivity index (χ1n) is 6.43. The van der Waals surface area contributed by atoms with Crippen LogP contribution in [0.1, 0.15) is 12.5 Å². The lowest BCUT2D eigenvalue weighted by molar-refractivity contribution is -0.385. The maximum absolute atomic E-state index is 12.0. The zero-order valence-corrected chi connectivity index (χ0v) is 13.0. The minimum Gasteiger partial charge on any atom is -0.450 e. The summed E-state index contributed by atoms with van der Waals surface area (Å²) in [7, 11) is -3.89. The minimum atomic E-state index is -3.89. The van der Waals surface area contributed by atoms with Crippen molar-refractivity contribution in [2.24, 2.45) is 0 Å². The van der Waals surface area contributed by atoms with Gasteiger partial charge in [0, 0.05) is 24.7 Å². The predicted octanol–water partition coefficient (Wildman–Crippen LogP) is 0.928. The van der Waals surface area contributed by atoms with Crippen LogP contribution in [0.25, 0.3) is 0 Å². The molecule has 1 aromatic rings. The molecular formula is C12H17N3O6S. The number of alkyl carbamates (subject to hydrolysis) is 1. The smallest absolute Gasteiger partial charge is 0.407 e. The van der Waals surface area contributed by atoms with Crippen LogP contribution in [-0.4, -0.2) is 39.1 Å². The number of nitrogens with one attached hydrogen (secondary N) is 2. The van der Waals surface area contributed by atoms with Gasteiger partial charge in [-0.05, 0) is 19.9 Å². The van der Waals surface area contributed by atoms with Crippen molar-refractivity contribution >= 4 is 21.8 Å². The van der Waals surface area contributed by atoms with E-state index in [4.69, 9.17) is 0 Å². The summed E-state index contributed by atoms with van der Waals surface area (Å²) in [6.07, 6.45) is -0.646. The van der Waals surface area contributed by atoms with E-state index in [-0.39, 0.29) is 30.3 Å². The van der Waals surface area contributed by atoms with Crippen molar-refractivity contribution in [2.45, 2.75) is 18.7 Å². The summed E-state index contributed by atoms with van der Waals surface area (Å²) in [4.78, 5) is 21.0. The molecule has 22 heavy (non-hydrogen) atoms. The van der Waals surface area contributed by atoms with Gasteiger partial charge in [-0.1, -0.05) is 6.07 Å². The monoisotopic (exact) mass is 331 g/mol. The molecule has 0 bridgehead atoms. The number of hydrogen-bond acceptors (Lipinski definition) is 6. The summed E-state index contributed by atoms with van der Waals surface area (Å²) >= 11 is 0. The van der Waals surface area contributed by atoms with Gasteiger partial charge in [-0.15, -0.1) is 0 Å². The Kier molecular flexibility index (Phi) is 6.25. The number of sulfonamides is 1. The van der Waals surface area contributed by atoms with E-state index in [1.807, 2.05) is 0 Å². The van der Waals surface area contributed by atoms with Crippen LogP contribution >= 0.6 is 0 Å². The lowest BCUT2D eigenvalue weighted by atomic mass is 10.2. The SMILES string of the molecule is CCOC(=O)NCCNS(=O)(=O)c1ccc(C)c([N+](=O)[O-])c1. The van der Waals surface area contributed by atoms with Crippen molar-refractivity contribution in [1.29, 1.82) is 0 Å². The van der Waals surface area contributed by atoms with Crippen molar-refractivity contribution < 1.29 is 22.9 Å². The second-order valence-electron chi connectivity index (χ2n) is 4.25. The second-order valence-corrected chi connectivity index (χ2v) is 6.02.